The van der Waals surface area contributed by atoms with Crippen LogP contribution in [0.25, 0.3) is 0 Å². The molecule has 3 amide bonds. The number of hydrogen-bond acceptors (Lipinski definition) is 7. The van der Waals surface area contributed by atoms with Gasteiger partial charge in [-0.05, 0) is 31.1 Å². The summed E-state index contributed by atoms with van der Waals surface area (Å²) in [6.07, 6.45) is 9.10. The molecular weight excluding hydrogens is 400 g/mol. The van der Waals surface area contributed by atoms with Crippen molar-refractivity contribution in [3.8, 4) is 5.75 Å². The first kappa shape index (κ1) is 18.6. The summed E-state index contributed by atoms with van der Waals surface area (Å²) in [6.45, 7) is 2.94. The van der Waals surface area contributed by atoms with E-state index >= 15 is 0 Å². The Morgan fingerprint density at radius 3 is 3.00 bits per heavy atom. The van der Waals surface area contributed by atoms with Gasteiger partial charge in [-0.3, -0.25) is 14.7 Å². The van der Waals surface area contributed by atoms with E-state index in [0.717, 1.165) is 18.5 Å². The van der Waals surface area contributed by atoms with Crippen molar-refractivity contribution in [2.45, 2.75) is 24.6 Å². The number of fused-ring (bicyclic) bond motifs is 2. The number of hydrazine groups is 1. The van der Waals surface area contributed by atoms with E-state index in [9.17, 15) is 9.59 Å². The quantitative estimate of drug-likeness (QED) is 0.754. The molecule has 0 bridgehead atoms. The maximum Gasteiger partial charge on any atom is 0.339 e. The summed E-state index contributed by atoms with van der Waals surface area (Å²) in [4.78, 5) is 35.3. The van der Waals surface area contributed by atoms with Gasteiger partial charge in [-0.2, -0.15) is 0 Å². The second-order valence-electron chi connectivity index (χ2n) is 8.53. The molecule has 1 N–H and O–H groups in total. The summed E-state index contributed by atoms with van der Waals surface area (Å²) in [5, 5.41) is 1.47. The molecular formula is C21H24N6O4. The number of ether oxygens (including phenoxy) is 2. The first-order valence-corrected chi connectivity index (χ1v) is 10.6. The lowest BCUT2D eigenvalue weighted by Gasteiger charge is -2.34. The van der Waals surface area contributed by atoms with Gasteiger partial charge in [-0.1, -0.05) is 0 Å². The van der Waals surface area contributed by atoms with E-state index in [4.69, 9.17) is 9.47 Å². The lowest BCUT2D eigenvalue weighted by molar-refractivity contribution is -0.0376. The minimum Gasteiger partial charge on any atom is -0.488 e. The monoisotopic (exact) mass is 424 g/mol. The molecule has 0 aromatic carbocycles. The Balaban J connectivity index is 1.24. The maximum absolute atomic E-state index is 13.1. The van der Waals surface area contributed by atoms with Gasteiger partial charge in [-0.15, -0.1) is 0 Å². The van der Waals surface area contributed by atoms with Crippen LogP contribution in [0.3, 0.4) is 0 Å². The van der Waals surface area contributed by atoms with E-state index in [0.29, 0.717) is 50.0 Å². The molecule has 10 nitrogen and oxygen atoms in total. The Bertz CT molecular complexity index is 1020. The molecule has 162 valence electrons. The van der Waals surface area contributed by atoms with Gasteiger partial charge in [0, 0.05) is 31.7 Å². The standard InChI is InChI=1S/C21H24N6O4/c1-24-20(29)27-5-2-15(11-17(27)23-24)26-7-8-30-16-10-14(12-22-18(16)26)19(28)25-6-9-31-21(13-25)3-4-21/h2,5,10-12,17,23H,3-4,6-9,13H2,1H3. The van der Waals surface area contributed by atoms with Gasteiger partial charge < -0.3 is 19.3 Å². The van der Waals surface area contributed by atoms with E-state index < -0.39 is 0 Å². The number of urea groups is 1. The zero-order chi connectivity index (χ0) is 21.2. The number of rotatable bonds is 2. The molecule has 5 heterocycles. The summed E-state index contributed by atoms with van der Waals surface area (Å²) in [7, 11) is 1.70. The molecule has 1 saturated carbocycles. The van der Waals surface area contributed by atoms with Crippen LogP contribution in [-0.4, -0.2) is 83.4 Å². The minimum absolute atomic E-state index is 0.0327. The number of allylic oxidation sites excluding steroid dienone is 1. The molecule has 5 aliphatic rings. The van der Waals surface area contributed by atoms with Crippen molar-refractivity contribution in [1.29, 1.82) is 0 Å². The number of aromatic nitrogens is 1. The van der Waals surface area contributed by atoms with Gasteiger partial charge in [0.1, 0.15) is 12.8 Å². The Kier molecular flexibility index (Phi) is 4.03. The summed E-state index contributed by atoms with van der Waals surface area (Å²) >= 11 is 0. The predicted octanol–water partition coefficient (Wildman–Crippen LogP) is 0.895. The number of morpholine rings is 1. The summed E-state index contributed by atoms with van der Waals surface area (Å²) in [5.41, 5.74) is 4.46. The lowest BCUT2D eigenvalue weighted by atomic mass is 10.1. The van der Waals surface area contributed by atoms with E-state index in [2.05, 4.69) is 15.3 Å². The van der Waals surface area contributed by atoms with Gasteiger partial charge in [0.05, 0.1) is 30.9 Å². The highest BCUT2D eigenvalue weighted by molar-refractivity contribution is 5.95. The number of nitrogens with one attached hydrogen (secondary N) is 1. The largest absolute Gasteiger partial charge is 0.488 e. The third-order valence-corrected chi connectivity index (χ3v) is 6.43. The fourth-order valence-corrected chi connectivity index (χ4v) is 4.55. The van der Waals surface area contributed by atoms with Gasteiger partial charge in [0.2, 0.25) is 0 Å². The molecule has 6 rings (SSSR count). The average Bonchev–Trinajstić information content (AvgIpc) is 3.48. The molecule has 0 radical (unpaired) electrons. The summed E-state index contributed by atoms with van der Waals surface area (Å²) < 4.78 is 11.7. The summed E-state index contributed by atoms with van der Waals surface area (Å²) in [6, 6.07) is 1.69. The van der Waals surface area contributed by atoms with Crippen LogP contribution in [0, 0.1) is 0 Å². The first-order valence-electron chi connectivity index (χ1n) is 10.6. The van der Waals surface area contributed by atoms with Crippen molar-refractivity contribution in [3.05, 3.63) is 41.9 Å². The normalized spacial score (nSPS) is 25.9. The third kappa shape index (κ3) is 3.05. The van der Waals surface area contributed by atoms with Crippen LogP contribution in [0.5, 0.6) is 5.75 Å². The Labute approximate surface area is 179 Å². The molecule has 10 heteroatoms. The number of carbonyl (C=O) groups is 2. The van der Waals surface area contributed by atoms with Crippen molar-refractivity contribution in [1.82, 2.24) is 25.2 Å². The van der Waals surface area contributed by atoms with Crippen LogP contribution < -0.4 is 15.1 Å². The first-order chi connectivity index (χ1) is 15.0. The highest BCUT2D eigenvalue weighted by Gasteiger charge is 2.48. The SMILES string of the molecule is CN1NC2C=C(N3CCOc4cc(C(=O)N5CCOC6(CC6)C5)cnc43)C=CN2C1=O. The van der Waals surface area contributed by atoms with Crippen molar-refractivity contribution in [2.24, 2.45) is 0 Å². The molecule has 1 atom stereocenters. The van der Waals surface area contributed by atoms with Crippen LogP contribution in [0.1, 0.15) is 23.2 Å². The van der Waals surface area contributed by atoms with Gasteiger partial charge in [0.15, 0.2) is 11.6 Å². The van der Waals surface area contributed by atoms with Crippen LogP contribution in [-0.2, 0) is 4.74 Å². The smallest absolute Gasteiger partial charge is 0.339 e. The van der Waals surface area contributed by atoms with Crippen LogP contribution in [0.2, 0.25) is 0 Å². The molecule has 1 spiro atoms. The van der Waals surface area contributed by atoms with Crippen molar-refractivity contribution in [2.75, 3.05) is 44.8 Å². The lowest BCUT2D eigenvalue weighted by Crippen LogP contribution is -2.47. The predicted molar refractivity (Wildman–Crippen MR) is 110 cm³/mol. The highest BCUT2D eigenvalue weighted by Crippen LogP contribution is 2.42. The molecule has 1 unspecified atom stereocenters. The number of amides is 3. The molecule has 1 aromatic heterocycles. The van der Waals surface area contributed by atoms with Gasteiger partial charge in [-0.25, -0.2) is 15.2 Å². The van der Waals surface area contributed by atoms with Crippen LogP contribution in [0.4, 0.5) is 10.6 Å². The molecule has 3 fully saturated rings. The van der Waals surface area contributed by atoms with E-state index in [1.54, 1.807) is 30.4 Å². The molecule has 1 aliphatic carbocycles. The van der Waals surface area contributed by atoms with E-state index in [1.165, 1.54) is 5.01 Å². The zero-order valence-electron chi connectivity index (χ0n) is 17.3. The van der Waals surface area contributed by atoms with E-state index in [1.807, 2.05) is 17.1 Å². The number of carbonyl (C=O) groups excluding carboxylic acids is 2. The molecule has 1 aromatic rings. The molecule has 2 saturated heterocycles. The number of anilines is 1. The fourth-order valence-electron chi connectivity index (χ4n) is 4.55. The van der Waals surface area contributed by atoms with E-state index in [-0.39, 0.29) is 23.7 Å². The van der Waals surface area contributed by atoms with Gasteiger partial charge >= 0.3 is 6.03 Å². The number of pyridine rings is 1. The second-order valence-corrected chi connectivity index (χ2v) is 8.53. The number of hydrogen-bond donors (Lipinski definition) is 1. The van der Waals surface area contributed by atoms with Crippen molar-refractivity contribution < 1.29 is 19.1 Å². The Morgan fingerprint density at radius 1 is 1.29 bits per heavy atom. The fraction of sp³-hybridized carbons (Fsp3) is 0.476. The maximum atomic E-state index is 13.1. The second kappa shape index (κ2) is 6.69. The average molecular weight is 424 g/mol. The topological polar surface area (TPSA) is 90.5 Å². The Hall–Kier alpha value is -3.11. The van der Waals surface area contributed by atoms with Gasteiger partial charge in [0.25, 0.3) is 5.91 Å². The third-order valence-electron chi connectivity index (χ3n) is 6.43. The van der Waals surface area contributed by atoms with Crippen molar-refractivity contribution in [3.63, 3.8) is 0 Å². The number of nitrogens with zero attached hydrogens (tertiary/aromatic N) is 5. The molecule has 4 aliphatic heterocycles. The summed E-state index contributed by atoms with van der Waals surface area (Å²) in [5.74, 6) is 1.23. The molecule has 31 heavy (non-hydrogen) atoms. The van der Waals surface area contributed by atoms with Crippen LogP contribution >= 0.6 is 0 Å². The Morgan fingerprint density at radius 2 is 2.16 bits per heavy atom. The zero-order valence-corrected chi connectivity index (χ0v) is 17.3. The minimum atomic E-state index is -0.235. The highest BCUT2D eigenvalue weighted by atomic mass is 16.5. The van der Waals surface area contributed by atoms with Crippen LogP contribution in [0.15, 0.2) is 36.3 Å². The van der Waals surface area contributed by atoms with Crippen molar-refractivity contribution >= 4 is 17.8 Å².